The number of hydrogen-bond donors (Lipinski definition) is 0. The summed E-state index contributed by atoms with van der Waals surface area (Å²) < 4.78 is 0. The predicted octanol–water partition coefficient (Wildman–Crippen LogP) is 8.61. The molecule has 33 heavy (non-hydrogen) atoms. The number of allylic oxidation sites excluding steroid dienone is 1. The van der Waals surface area contributed by atoms with Crippen LogP contribution in [0, 0.1) is 12.8 Å². The van der Waals surface area contributed by atoms with E-state index in [0.717, 1.165) is 39.5 Å². The first-order chi connectivity index (χ1) is 15.9. The number of hydrogen-bond acceptors (Lipinski definition) is 3. The molecule has 0 bridgehead atoms. The number of aryl methyl sites for hydroxylation is 1. The molecule has 0 spiro atoms. The zero-order valence-corrected chi connectivity index (χ0v) is 20.3. The van der Waals surface area contributed by atoms with Gasteiger partial charge < -0.3 is 0 Å². The first kappa shape index (κ1) is 20.4. The second-order valence-corrected chi connectivity index (χ2v) is 10.7. The fourth-order valence-corrected chi connectivity index (χ4v) is 6.28. The van der Waals surface area contributed by atoms with Crippen molar-refractivity contribution in [1.29, 1.82) is 0 Å². The number of aromatic nitrogens is 2. The number of fused-ring (bicyclic) bond motifs is 6. The van der Waals surface area contributed by atoms with Gasteiger partial charge in [0.15, 0.2) is 0 Å². The van der Waals surface area contributed by atoms with Gasteiger partial charge in [-0.05, 0) is 88.0 Å². The molecule has 0 N–H and O–H groups in total. The molecule has 0 fully saturated rings. The summed E-state index contributed by atoms with van der Waals surface area (Å²) in [6.45, 7) is 12.8. The van der Waals surface area contributed by atoms with E-state index in [2.05, 4.69) is 75.9 Å². The summed E-state index contributed by atoms with van der Waals surface area (Å²) in [5, 5.41) is 8.74. The van der Waals surface area contributed by atoms with Crippen molar-refractivity contribution < 1.29 is 0 Å². The minimum atomic E-state index is 0.636. The Labute approximate surface area is 198 Å². The molecule has 1 aliphatic heterocycles. The zero-order valence-electron chi connectivity index (χ0n) is 19.5. The smallest absolute Gasteiger partial charge is 0.111 e. The van der Waals surface area contributed by atoms with Crippen molar-refractivity contribution in [3.63, 3.8) is 0 Å². The molecule has 0 amide bonds. The Morgan fingerprint density at radius 3 is 2.58 bits per heavy atom. The maximum atomic E-state index is 5.01. The van der Waals surface area contributed by atoms with E-state index in [9.17, 15) is 0 Å². The van der Waals surface area contributed by atoms with Crippen molar-refractivity contribution in [3.05, 3.63) is 78.1 Å². The monoisotopic (exact) mass is 446 g/mol. The quantitative estimate of drug-likeness (QED) is 0.254. The molecule has 1 aliphatic rings. The molecule has 3 heterocycles. The Balaban J connectivity index is 1.68. The molecule has 5 aromatic rings. The van der Waals surface area contributed by atoms with E-state index in [4.69, 9.17) is 9.97 Å². The van der Waals surface area contributed by atoms with E-state index in [1.807, 2.05) is 13.1 Å². The highest BCUT2D eigenvalue weighted by atomic mass is 32.2. The molecule has 3 heteroatoms. The van der Waals surface area contributed by atoms with E-state index in [-0.39, 0.29) is 0 Å². The molecule has 0 aliphatic carbocycles. The van der Waals surface area contributed by atoms with Gasteiger partial charge in [0.05, 0.1) is 11.4 Å². The summed E-state index contributed by atoms with van der Waals surface area (Å²) in [6, 6.07) is 18.2. The lowest BCUT2D eigenvalue weighted by Gasteiger charge is -2.22. The Morgan fingerprint density at radius 1 is 0.970 bits per heavy atom. The van der Waals surface area contributed by atoms with Crippen LogP contribution in [0.1, 0.15) is 37.6 Å². The first-order valence-corrected chi connectivity index (χ1v) is 12.3. The number of pyridine rings is 2. The zero-order chi connectivity index (χ0) is 22.9. The highest BCUT2D eigenvalue weighted by molar-refractivity contribution is 7.99. The van der Waals surface area contributed by atoms with Gasteiger partial charge in [0.25, 0.3) is 0 Å². The van der Waals surface area contributed by atoms with E-state index in [1.54, 1.807) is 11.8 Å². The summed E-state index contributed by atoms with van der Waals surface area (Å²) in [5.41, 5.74) is 6.69. The Hall–Kier alpha value is -3.17. The molecular formula is C30H26N2S. The van der Waals surface area contributed by atoms with Gasteiger partial charge in [0.1, 0.15) is 5.03 Å². The third-order valence-electron chi connectivity index (χ3n) is 6.58. The van der Waals surface area contributed by atoms with Crippen molar-refractivity contribution in [3.8, 4) is 11.3 Å². The summed E-state index contributed by atoms with van der Waals surface area (Å²) in [4.78, 5) is 11.1. The fraction of sp³-hybridized carbons (Fsp3) is 0.200. The normalized spacial score (nSPS) is 12.6. The largest absolute Gasteiger partial charge is 0.255 e. The average molecular weight is 447 g/mol. The molecule has 0 saturated carbocycles. The van der Waals surface area contributed by atoms with Gasteiger partial charge >= 0.3 is 0 Å². The Kier molecular flexibility index (Phi) is 4.60. The molecule has 162 valence electrons. The molecular weight excluding hydrogens is 420 g/mol. The van der Waals surface area contributed by atoms with Crippen LogP contribution in [0.15, 0.2) is 71.2 Å². The summed E-state index contributed by atoms with van der Waals surface area (Å²) >= 11 is 1.76. The van der Waals surface area contributed by atoms with Crippen LogP contribution < -0.4 is 0 Å². The summed E-state index contributed by atoms with van der Waals surface area (Å²) in [5.74, 6) is 0.636. The lowest BCUT2D eigenvalue weighted by molar-refractivity contribution is 0.648. The van der Waals surface area contributed by atoms with Gasteiger partial charge in [0, 0.05) is 22.0 Å². The van der Waals surface area contributed by atoms with Crippen LogP contribution in [0.25, 0.3) is 49.1 Å². The Bertz CT molecular complexity index is 1630. The molecule has 6 rings (SSSR count). The van der Waals surface area contributed by atoms with Gasteiger partial charge in [0.2, 0.25) is 0 Å². The van der Waals surface area contributed by atoms with Crippen molar-refractivity contribution in [1.82, 2.24) is 9.97 Å². The molecule has 0 radical (unpaired) electrons. The van der Waals surface area contributed by atoms with Gasteiger partial charge in [-0.2, -0.15) is 0 Å². The van der Waals surface area contributed by atoms with Crippen molar-refractivity contribution >= 4 is 49.7 Å². The summed E-state index contributed by atoms with van der Waals surface area (Å²) in [7, 11) is 0. The number of benzene rings is 3. The van der Waals surface area contributed by atoms with E-state index < -0.39 is 0 Å². The number of rotatable bonds is 3. The van der Waals surface area contributed by atoms with Crippen molar-refractivity contribution in [2.45, 2.75) is 44.0 Å². The lowest BCUT2D eigenvalue weighted by Crippen LogP contribution is -2.02. The van der Waals surface area contributed by atoms with Crippen molar-refractivity contribution in [2.75, 3.05) is 0 Å². The molecule has 2 aromatic heterocycles. The van der Waals surface area contributed by atoms with Crippen molar-refractivity contribution in [2.24, 2.45) is 5.92 Å². The van der Waals surface area contributed by atoms with Gasteiger partial charge in [-0.3, -0.25) is 4.98 Å². The van der Waals surface area contributed by atoms with E-state index in [1.165, 1.54) is 42.8 Å². The highest BCUT2D eigenvalue weighted by Crippen LogP contribution is 2.49. The van der Waals surface area contributed by atoms with Crippen LogP contribution in [-0.2, 0) is 6.42 Å². The van der Waals surface area contributed by atoms with Gasteiger partial charge in [-0.1, -0.05) is 62.5 Å². The Morgan fingerprint density at radius 2 is 1.79 bits per heavy atom. The molecule has 0 unspecified atom stereocenters. The molecule has 0 atom stereocenters. The van der Waals surface area contributed by atoms with Crippen LogP contribution in [0.4, 0.5) is 0 Å². The molecule has 2 nitrogen and oxygen atoms in total. The molecule has 3 aromatic carbocycles. The topological polar surface area (TPSA) is 25.8 Å². The van der Waals surface area contributed by atoms with Crippen LogP contribution in [0.3, 0.4) is 0 Å². The minimum absolute atomic E-state index is 0.636. The second kappa shape index (κ2) is 7.43. The third kappa shape index (κ3) is 3.18. The lowest BCUT2D eigenvalue weighted by atomic mass is 9.93. The minimum Gasteiger partial charge on any atom is -0.255 e. The predicted molar refractivity (Wildman–Crippen MR) is 142 cm³/mol. The first-order valence-electron chi connectivity index (χ1n) is 11.5. The third-order valence-corrected chi connectivity index (χ3v) is 7.63. The number of nitrogens with zero attached hydrogens (tertiary/aromatic N) is 2. The fourth-order valence-electron chi connectivity index (χ4n) is 5.18. The van der Waals surface area contributed by atoms with E-state index >= 15 is 0 Å². The second-order valence-electron chi connectivity index (χ2n) is 9.66. The van der Waals surface area contributed by atoms with Crippen LogP contribution in [-0.4, -0.2) is 9.97 Å². The highest BCUT2D eigenvalue weighted by Gasteiger charge is 2.24. The maximum Gasteiger partial charge on any atom is 0.111 e. The average Bonchev–Trinajstić information content (AvgIpc) is 2.78. The maximum absolute atomic E-state index is 5.01. The summed E-state index contributed by atoms with van der Waals surface area (Å²) in [6.07, 6.45) is 3.04. The SMILES string of the molecule is C=C(C)c1nc2c(cc1C)-c1nccc3c1c(cc1c4cc(CC(C)C)ccc4ccc31)S2. The van der Waals surface area contributed by atoms with Crippen LogP contribution >= 0.6 is 11.8 Å². The van der Waals surface area contributed by atoms with E-state index in [0.29, 0.717) is 5.92 Å². The van der Waals surface area contributed by atoms with Gasteiger partial charge in [-0.15, -0.1) is 0 Å². The van der Waals surface area contributed by atoms with Crippen LogP contribution in [0.5, 0.6) is 0 Å². The van der Waals surface area contributed by atoms with Gasteiger partial charge in [-0.25, -0.2) is 4.98 Å². The standard InChI is InChI=1S/C30H26N2S/c1-16(2)12-19-6-7-20-8-9-21-22-10-11-31-29-25-13-18(5)28(17(3)4)32-30(25)33-26(27(22)29)15-24(21)23(20)14-19/h6-11,13-16H,3,12H2,1-2,4-5H3. The molecule has 0 saturated heterocycles. The van der Waals surface area contributed by atoms with Crippen LogP contribution in [0.2, 0.25) is 0 Å².